The third kappa shape index (κ3) is 2.78. The summed E-state index contributed by atoms with van der Waals surface area (Å²) in [6.45, 7) is 2.21. The molecule has 1 heterocycles. The van der Waals surface area contributed by atoms with E-state index in [0.29, 0.717) is 13.1 Å². The van der Waals surface area contributed by atoms with Gasteiger partial charge in [0.2, 0.25) is 15.9 Å². The maximum atomic E-state index is 12.3. The van der Waals surface area contributed by atoms with Crippen molar-refractivity contribution in [2.24, 2.45) is 5.73 Å². The van der Waals surface area contributed by atoms with Gasteiger partial charge in [-0.05, 0) is 19.8 Å². The number of hydrogen-bond donors (Lipinski definition) is 1. The molecule has 2 N–H and O–H groups in total. The zero-order valence-electron chi connectivity index (χ0n) is 10.6. The number of nitrogens with two attached hydrogens (primary N) is 1. The molecule has 0 aliphatic carbocycles. The summed E-state index contributed by atoms with van der Waals surface area (Å²) in [6.07, 6.45) is 1.59. The summed E-state index contributed by atoms with van der Waals surface area (Å²) >= 11 is 0. The van der Waals surface area contributed by atoms with E-state index in [0.717, 1.165) is 12.8 Å². The van der Waals surface area contributed by atoms with Crippen LogP contribution in [-0.2, 0) is 14.8 Å². The van der Waals surface area contributed by atoms with Gasteiger partial charge >= 0.3 is 0 Å². The molecule has 0 aromatic carbocycles. The van der Waals surface area contributed by atoms with Crippen LogP contribution >= 0.6 is 0 Å². The summed E-state index contributed by atoms with van der Waals surface area (Å²) in [6, 6.07) is -0.155. The summed E-state index contributed by atoms with van der Waals surface area (Å²) in [7, 11) is -0.473. The molecule has 100 valence electrons. The summed E-state index contributed by atoms with van der Waals surface area (Å²) < 4.78 is 25.9. The lowest BCUT2D eigenvalue weighted by molar-refractivity contribution is -0.128. The van der Waals surface area contributed by atoms with Crippen molar-refractivity contribution in [2.75, 3.05) is 27.2 Å². The zero-order chi connectivity index (χ0) is 13.2. The van der Waals surface area contributed by atoms with Gasteiger partial charge in [0.05, 0.1) is 0 Å². The summed E-state index contributed by atoms with van der Waals surface area (Å²) in [5.41, 5.74) is 5.56. The van der Waals surface area contributed by atoms with E-state index in [4.69, 9.17) is 5.73 Å². The Morgan fingerprint density at radius 1 is 1.53 bits per heavy atom. The van der Waals surface area contributed by atoms with E-state index in [-0.39, 0.29) is 6.04 Å². The lowest BCUT2D eigenvalue weighted by Crippen LogP contribution is -2.48. The van der Waals surface area contributed by atoms with E-state index in [9.17, 15) is 13.2 Å². The lowest BCUT2D eigenvalue weighted by atomic mass is 10.2. The van der Waals surface area contributed by atoms with E-state index in [1.807, 2.05) is 0 Å². The van der Waals surface area contributed by atoms with Crippen LogP contribution in [-0.4, -0.2) is 62.0 Å². The van der Waals surface area contributed by atoms with Crippen molar-refractivity contribution < 1.29 is 13.2 Å². The Morgan fingerprint density at radius 3 is 2.59 bits per heavy atom. The first-order valence-electron chi connectivity index (χ1n) is 5.74. The van der Waals surface area contributed by atoms with E-state index < -0.39 is 21.2 Å². The molecule has 2 atom stereocenters. The van der Waals surface area contributed by atoms with Crippen molar-refractivity contribution in [3.05, 3.63) is 0 Å². The van der Waals surface area contributed by atoms with Crippen LogP contribution in [0.15, 0.2) is 0 Å². The smallest absolute Gasteiger partial charge is 0.241 e. The van der Waals surface area contributed by atoms with Crippen LogP contribution < -0.4 is 5.73 Å². The van der Waals surface area contributed by atoms with Crippen molar-refractivity contribution in [1.29, 1.82) is 0 Å². The van der Waals surface area contributed by atoms with E-state index in [1.54, 1.807) is 14.1 Å². The minimum atomic E-state index is -3.58. The first-order chi connectivity index (χ1) is 7.82. The highest BCUT2D eigenvalue weighted by molar-refractivity contribution is 7.90. The summed E-state index contributed by atoms with van der Waals surface area (Å²) in [5.74, 6) is -0.396. The van der Waals surface area contributed by atoms with Crippen molar-refractivity contribution >= 4 is 15.9 Å². The molecule has 0 spiro atoms. The summed E-state index contributed by atoms with van der Waals surface area (Å²) in [4.78, 5) is 13.0. The highest BCUT2D eigenvalue weighted by Crippen LogP contribution is 2.23. The fraction of sp³-hybridized carbons (Fsp3) is 0.900. The molecule has 1 aliphatic heterocycles. The maximum absolute atomic E-state index is 12.3. The molecule has 1 amide bonds. The Bertz CT molecular complexity index is 380. The van der Waals surface area contributed by atoms with Crippen molar-refractivity contribution in [3.8, 4) is 0 Å². The molecule has 0 bridgehead atoms. The van der Waals surface area contributed by atoms with Gasteiger partial charge in [-0.15, -0.1) is 0 Å². The highest BCUT2D eigenvalue weighted by atomic mass is 32.2. The van der Waals surface area contributed by atoms with Gasteiger partial charge in [-0.3, -0.25) is 4.79 Å². The SMILES string of the molecule is CC(C(=O)N(C)C)S(=O)(=O)N1CCCC1CN. The van der Waals surface area contributed by atoms with Gasteiger partial charge in [0.15, 0.2) is 5.25 Å². The van der Waals surface area contributed by atoms with Crippen LogP contribution in [0.4, 0.5) is 0 Å². The monoisotopic (exact) mass is 263 g/mol. The van der Waals surface area contributed by atoms with Gasteiger partial charge in [-0.2, -0.15) is 4.31 Å². The molecular formula is C10H21N3O3S. The van der Waals surface area contributed by atoms with Gasteiger partial charge in [0.25, 0.3) is 0 Å². The molecule has 1 rings (SSSR count). The van der Waals surface area contributed by atoms with Crippen molar-refractivity contribution in [3.63, 3.8) is 0 Å². The second-order valence-electron chi connectivity index (χ2n) is 4.56. The molecule has 0 saturated carbocycles. The highest BCUT2D eigenvalue weighted by Gasteiger charge is 2.40. The quantitative estimate of drug-likeness (QED) is 0.721. The topological polar surface area (TPSA) is 83.7 Å². The van der Waals surface area contributed by atoms with Crippen LogP contribution in [0.3, 0.4) is 0 Å². The Hall–Kier alpha value is -0.660. The number of nitrogens with zero attached hydrogens (tertiary/aromatic N) is 2. The molecule has 1 saturated heterocycles. The van der Waals surface area contributed by atoms with Gasteiger partial charge in [-0.25, -0.2) is 8.42 Å². The Balaban J connectivity index is 2.91. The van der Waals surface area contributed by atoms with Gasteiger partial charge < -0.3 is 10.6 Å². The van der Waals surface area contributed by atoms with Gasteiger partial charge in [0, 0.05) is 33.2 Å². The third-order valence-corrected chi connectivity index (χ3v) is 5.39. The Morgan fingerprint density at radius 2 is 2.12 bits per heavy atom. The van der Waals surface area contributed by atoms with Crippen molar-refractivity contribution in [1.82, 2.24) is 9.21 Å². The van der Waals surface area contributed by atoms with E-state index in [1.165, 1.54) is 16.1 Å². The molecule has 1 aliphatic rings. The van der Waals surface area contributed by atoms with Crippen LogP contribution in [0.25, 0.3) is 0 Å². The first kappa shape index (κ1) is 14.4. The number of carbonyl (C=O) groups is 1. The molecule has 7 heteroatoms. The van der Waals surface area contributed by atoms with Crippen LogP contribution in [0.5, 0.6) is 0 Å². The van der Waals surface area contributed by atoms with E-state index >= 15 is 0 Å². The lowest BCUT2D eigenvalue weighted by Gasteiger charge is -2.27. The minimum absolute atomic E-state index is 0.155. The number of sulfonamides is 1. The Labute approximate surface area is 103 Å². The average Bonchev–Trinajstić information content (AvgIpc) is 2.75. The second-order valence-corrected chi connectivity index (χ2v) is 6.77. The third-order valence-electron chi connectivity index (χ3n) is 3.16. The molecular weight excluding hydrogens is 242 g/mol. The molecule has 2 unspecified atom stereocenters. The molecule has 0 aromatic heterocycles. The summed E-state index contributed by atoms with van der Waals surface area (Å²) in [5, 5.41) is -1.04. The number of rotatable bonds is 4. The number of amides is 1. The fourth-order valence-corrected chi connectivity index (χ4v) is 3.94. The van der Waals surface area contributed by atoms with Gasteiger partial charge in [0.1, 0.15) is 0 Å². The van der Waals surface area contributed by atoms with Gasteiger partial charge in [-0.1, -0.05) is 0 Å². The molecule has 0 aromatic rings. The standard InChI is InChI=1S/C10H21N3O3S/c1-8(10(14)12(2)3)17(15,16)13-6-4-5-9(13)7-11/h8-9H,4-7,11H2,1-3H3. The maximum Gasteiger partial charge on any atom is 0.241 e. The predicted molar refractivity (Wildman–Crippen MR) is 65.9 cm³/mol. The van der Waals surface area contributed by atoms with E-state index in [2.05, 4.69) is 0 Å². The average molecular weight is 263 g/mol. The molecule has 0 radical (unpaired) electrons. The van der Waals surface area contributed by atoms with Crippen LogP contribution in [0.1, 0.15) is 19.8 Å². The zero-order valence-corrected chi connectivity index (χ0v) is 11.4. The number of hydrogen-bond acceptors (Lipinski definition) is 4. The van der Waals surface area contributed by atoms with Crippen LogP contribution in [0.2, 0.25) is 0 Å². The second kappa shape index (κ2) is 5.32. The molecule has 1 fully saturated rings. The molecule has 6 nitrogen and oxygen atoms in total. The molecule has 17 heavy (non-hydrogen) atoms. The minimum Gasteiger partial charge on any atom is -0.348 e. The largest absolute Gasteiger partial charge is 0.348 e. The normalized spacial score (nSPS) is 23.6. The van der Waals surface area contributed by atoms with Crippen molar-refractivity contribution in [2.45, 2.75) is 31.1 Å². The first-order valence-corrected chi connectivity index (χ1v) is 7.24. The van der Waals surface area contributed by atoms with Crippen LogP contribution in [0, 0.1) is 0 Å². The Kier molecular flexibility index (Phi) is 4.51. The predicted octanol–water partition coefficient (Wildman–Crippen LogP) is -0.784. The number of carbonyl (C=O) groups excluding carboxylic acids is 1. The fourth-order valence-electron chi connectivity index (χ4n) is 2.07.